The molecular weight excluding hydrogens is 1380 g/mol. The van der Waals surface area contributed by atoms with Crippen molar-refractivity contribution in [2.75, 3.05) is 76.5 Å². The first kappa shape index (κ1) is 87.6. The zero-order valence-electron chi connectivity index (χ0n) is 66.3. The topological polar surface area (TPSA) is 270 Å². The molecule has 28 heteroatoms. The van der Waals surface area contributed by atoms with Crippen LogP contribution in [0.5, 0.6) is 0 Å². The lowest BCUT2D eigenvalue weighted by atomic mass is 9.78. The largest absolute Gasteiger partial charge is 0.393 e. The van der Waals surface area contributed by atoms with Gasteiger partial charge in [0, 0.05) is 75.4 Å². The van der Waals surface area contributed by atoms with E-state index in [1.165, 1.54) is 110 Å². The van der Waals surface area contributed by atoms with Crippen LogP contribution in [0.4, 0.5) is 13.2 Å². The lowest BCUT2D eigenvalue weighted by Crippen LogP contribution is -2.65. The highest BCUT2D eigenvalue weighted by molar-refractivity contribution is 6.21. The van der Waals surface area contributed by atoms with Gasteiger partial charge in [-0.05, 0) is 125 Å². The van der Waals surface area contributed by atoms with Gasteiger partial charge >= 0.3 is 6.18 Å². The van der Waals surface area contributed by atoms with Gasteiger partial charge < -0.3 is 60.0 Å². The van der Waals surface area contributed by atoms with E-state index in [9.17, 15) is 41.9 Å². The van der Waals surface area contributed by atoms with Gasteiger partial charge in [0.15, 0.2) is 0 Å². The van der Waals surface area contributed by atoms with Crippen LogP contribution in [-0.2, 0) is 57.5 Å². The minimum atomic E-state index is -4.52. The highest BCUT2D eigenvalue weighted by atomic mass is 35.5. The van der Waals surface area contributed by atoms with Crippen LogP contribution in [0.2, 0.25) is 0 Å². The maximum atomic E-state index is 15.8. The van der Waals surface area contributed by atoms with Crippen molar-refractivity contribution in [2.24, 2.45) is 53.3 Å². The van der Waals surface area contributed by atoms with E-state index in [2.05, 4.69) is 29.8 Å². The normalized spacial score (nSPS) is 32.4. The molecule has 12 amide bonds. The fourth-order valence-electron chi connectivity index (χ4n) is 16.9. The van der Waals surface area contributed by atoms with E-state index in [1.807, 2.05) is 27.7 Å². The third kappa shape index (κ3) is 21.8. The number of alkyl halides is 4. The number of hydrogen-bond donors (Lipinski definition) is 3. The van der Waals surface area contributed by atoms with Gasteiger partial charge in [0.25, 0.3) is 0 Å². The number of likely N-dealkylation sites (N-methyl/N-ethyl adjacent to an activating group) is 8. The van der Waals surface area contributed by atoms with Crippen molar-refractivity contribution in [3.05, 3.63) is 0 Å². The number of hydrogen-bond acceptors (Lipinski definition) is 12. The number of nitrogens with one attached hydrogen (secondary N) is 3. The smallest absolute Gasteiger partial charge is 0.347 e. The standard InChI is InChI=1S/C77H128ClF3N12O12/c1-19-48(7)64-73(103)87(13)50(9)68(98)93-38-35-57(93)72(102)90(16)60(42-53-29-25-47(6)26-30-53)71(101)86(12)44-62(94)82-56(34-32-51-31-33-54(55(78)40-51)77(79,80)81)69(99)89(15)59(41-52-27-23-46(5)24-28-52)67(97)84-76(36-21-22-37-76)75(105)92(18)65(49(8)20-2)74(104)91(17)61(70(100)85(10)11)43-63(95)88(14)58(39-45(3)4)66(96)83-64/h45-61,64-65H,19-44H2,1-18H3,(H,82,94)(H,83,96)(H,84,97)/t46?,47?,48-,49-,50-,51?,52?,53?,54?,55?,56-,57-,58-,59-,60-,61-,64-,65-/m0/s1. The molecule has 0 bridgehead atoms. The Morgan fingerprint density at radius 1 is 0.590 bits per heavy atom. The summed E-state index contributed by atoms with van der Waals surface area (Å²) in [7, 11) is 13.1. The molecule has 14 atom stereocenters. The van der Waals surface area contributed by atoms with Crippen LogP contribution in [0.15, 0.2) is 0 Å². The molecule has 105 heavy (non-hydrogen) atoms. The second-order valence-corrected chi connectivity index (χ2v) is 33.9. The molecule has 24 nitrogen and oxygen atoms in total. The molecule has 3 N–H and O–H groups in total. The van der Waals surface area contributed by atoms with E-state index in [0.29, 0.717) is 37.5 Å². The van der Waals surface area contributed by atoms with E-state index in [1.54, 1.807) is 13.8 Å². The molecule has 3 unspecified atom stereocenters. The van der Waals surface area contributed by atoms with Gasteiger partial charge in [0.05, 0.1) is 18.9 Å². The molecule has 2 saturated heterocycles. The van der Waals surface area contributed by atoms with Crippen LogP contribution in [0, 0.1) is 53.3 Å². The minimum Gasteiger partial charge on any atom is -0.347 e. The van der Waals surface area contributed by atoms with E-state index in [4.69, 9.17) is 11.6 Å². The van der Waals surface area contributed by atoms with Crippen molar-refractivity contribution < 1.29 is 70.7 Å². The first-order valence-corrected chi connectivity index (χ1v) is 39.5. The fourth-order valence-corrected chi connectivity index (χ4v) is 17.5. The summed E-state index contributed by atoms with van der Waals surface area (Å²) in [5.74, 6) is -10.2. The molecule has 2 aliphatic heterocycles. The van der Waals surface area contributed by atoms with Crippen LogP contribution in [0.3, 0.4) is 0 Å². The van der Waals surface area contributed by atoms with E-state index in [0.717, 1.165) is 56.3 Å². The van der Waals surface area contributed by atoms with E-state index >= 15 is 28.8 Å². The Morgan fingerprint density at radius 2 is 1.13 bits per heavy atom. The Hall–Kier alpha value is -6.28. The molecule has 6 aliphatic rings. The van der Waals surface area contributed by atoms with Crippen molar-refractivity contribution in [1.82, 2.24) is 60.0 Å². The van der Waals surface area contributed by atoms with Gasteiger partial charge in [-0.3, -0.25) is 57.5 Å². The van der Waals surface area contributed by atoms with Crippen LogP contribution in [0.25, 0.3) is 0 Å². The minimum absolute atomic E-state index is 0.0100. The molecule has 0 aromatic heterocycles. The van der Waals surface area contributed by atoms with Crippen LogP contribution in [-0.4, -0.2) is 263 Å². The van der Waals surface area contributed by atoms with Gasteiger partial charge in [0.2, 0.25) is 70.9 Å². The Balaban J connectivity index is 1.47. The zero-order chi connectivity index (χ0) is 78.6. The van der Waals surface area contributed by atoms with Gasteiger partial charge in [-0.15, -0.1) is 11.6 Å². The average Bonchev–Trinajstić information content (AvgIpc) is 1.71. The second kappa shape index (κ2) is 38.2. The second-order valence-electron chi connectivity index (χ2n) is 33.3. The molecule has 1 spiro atoms. The number of carbonyl (C=O) groups excluding carboxylic acids is 12. The molecule has 6 fully saturated rings. The van der Waals surface area contributed by atoms with E-state index < -0.39 is 173 Å². The monoisotopic (exact) mass is 1500 g/mol. The SMILES string of the molecule is CC[C@H](C)[C@@H]1NC(=O)[C@H](CC(C)C)N(C)C(=O)C[C@@H](C(=O)N(C)C)N(C)C(=O)[C@H]([C@@H](C)CC)N(C)C(=O)C2(CCCC2)NC(=O)[C@H](CC2CCC(C)CC2)N(C)C(=O)[C@H](CCC2CCC(C(F)(F)F)C(Cl)C2)NC(=O)CN(C)C(=O)[C@H](CC2CCC(C)CC2)N(C)C(=O)[C@@H]2CCN2C(=O)[C@H](C)N(C)C1=O. The summed E-state index contributed by atoms with van der Waals surface area (Å²) in [5.41, 5.74) is -1.61. The van der Waals surface area contributed by atoms with E-state index in [-0.39, 0.29) is 101 Å². The first-order chi connectivity index (χ1) is 49.1. The van der Waals surface area contributed by atoms with Gasteiger partial charge in [-0.2, -0.15) is 13.2 Å². The molecular formula is C77H128ClF3N12O12. The average molecular weight is 1510 g/mol. The maximum Gasteiger partial charge on any atom is 0.393 e. The number of halogens is 4. The van der Waals surface area contributed by atoms with Crippen LogP contribution < -0.4 is 16.0 Å². The molecule has 6 rings (SSSR count). The van der Waals surface area contributed by atoms with Crippen molar-refractivity contribution in [1.29, 1.82) is 0 Å². The molecule has 2 heterocycles. The Kier molecular flexibility index (Phi) is 31.9. The maximum absolute atomic E-state index is 15.8. The predicted molar refractivity (Wildman–Crippen MR) is 395 cm³/mol. The molecule has 4 saturated carbocycles. The van der Waals surface area contributed by atoms with Crippen molar-refractivity contribution in [3.8, 4) is 0 Å². The number of nitrogens with zero attached hydrogens (tertiary/aromatic N) is 9. The quantitative estimate of drug-likeness (QED) is 0.140. The lowest BCUT2D eigenvalue weighted by molar-refractivity contribution is -0.182. The van der Waals surface area contributed by atoms with Crippen molar-refractivity contribution in [2.45, 2.75) is 288 Å². The Bertz CT molecular complexity index is 3050. The van der Waals surface area contributed by atoms with Gasteiger partial charge in [-0.25, -0.2) is 0 Å². The summed E-state index contributed by atoms with van der Waals surface area (Å²) in [6.45, 7) is 16.4. The van der Waals surface area contributed by atoms with Crippen LogP contribution >= 0.6 is 11.6 Å². The molecule has 0 aromatic carbocycles. The highest BCUT2D eigenvalue weighted by Gasteiger charge is 2.52. The summed E-state index contributed by atoms with van der Waals surface area (Å²) in [4.78, 5) is 193. The summed E-state index contributed by atoms with van der Waals surface area (Å²) < 4.78 is 42.4. The summed E-state index contributed by atoms with van der Waals surface area (Å²) in [6, 6.07) is -11.1. The lowest BCUT2D eigenvalue weighted by Gasteiger charge is -2.45. The van der Waals surface area contributed by atoms with Crippen molar-refractivity contribution >= 4 is 82.5 Å². The molecule has 0 aromatic rings. The highest BCUT2D eigenvalue weighted by Crippen LogP contribution is 2.44. The Morgan fingerprint density at radius 3 is 1.64 bits per heavy atom. The summed E-state index contributed by atoms with van der Waals surface area (Å²) >= 11 is 6.47. The predicted octanol–water partition coefficient (Wildman–Crippen LogP) is 7.86. The molecule has 0 radical (unpaired) electrons. The fraction of sp³-hybridized carbons (Fsp3) is 0.844. The number of fused-ring (bicyclic) bond motifs is 1. The number of carbonyl (C=O) groups is 12. The van der Waals surface area contributed by atoms with Gasteiger partial charge in [0.1, 0.15) is 59.9 Å². The third-order valence-electron chi connectivity index (χ3n) is 25.0. The molecule has 596 valence electrons. The number of rotatable bonds is 14. The summed E-state index contributed by atoms with van der Waals surface area (Å²) in [6.07, 6.45) is 4.23. The van der Waals surface area contributed by atoms with Crippen molar-refractivity contribution in [3.63, 3.8) is 0 Å². The molecule has 4 aliphatic carbocycles. The number of amides is 12. The Labute approximate surface area is 628 Å². The third-order valence-corrected chi connectivity index (χ3v) is 25.5. The zero-order valence-corrected chi connectivity index (χ0v) is 67.0. The summed E-state index contributed by atoms with van der Waals surface area (Å²) in [5, 5.41) is 7.73. The van der Waals surface area contributed by atoms with Crippen LogP contribution in [0.1, 0.15) is 216 Å². The van der Waals surface area contributed by atoms with Gasteiger partial charge in [-0.1, -0.05) is 132 Å². The first-order valence-electron chi connectivity index (χ1n) is 39.1.